The van der Waals surface area contributed by atoms with Gasteiger partial charge in [-0.3, -0.25) is 0 Å². The van der Waals surface area contributed by atoms with Crippen LogP contribution in [0.4, 0.5) is 0 Å². The van der Waals surface area contributed by atoms with Crippen molar-refractivity contribution in [3.63, 3.8) is 0 Å². The first-order valence-corrected chi connectivity index (χ1v) is 28.1. The third-order valence-corrected chi connectivity index (χ3v) is 16.4. The van der Waals surface area contributed by atoms with E-state index in [2.05, 4.69) is 0 Å². The standard InChI is InChI=1S/C66H50O30/c67-27-16-36(75)48-46(17-27)91-58(22-2-5-30(69)34(73)8-22)62(95-65(89)25-12-42(81)55(86)43(82)13-25)52(48)50-38(77)20-39(78)51-53(63(96-66(90)26-14-44(83)56(87)45(84)15-26)59(94-61(50)51)23-3-6-31(70)35(74)9-23)49-37(76)19-32(71)28-18-47(92-64(88)24-10-40(79)54(85)41(80)11-24)57(93-60(28)49)21-1-4-29(68)33(72)7-21/h1-17,19-20,47,52-53,57-59,62-63,67-87H,18H2/t47-,52-,53+,57-,58-,59-,62-,63-/m1/s1. The molecule has 0 unspecified atom stereocenters. The number of phenolic OH excluding ortho intramolecular Hbond substituents is 21. The molecule has 494 valence electrons. The minimum Gasteiger partial charge on any atom is -0.508 e. The second kappa shape index (κ2) is 23.4. The van der Waals surface area contributed by atoms with E-state index in [-0.39, 0.29) is 16.7 Å². The number of phenols is 21. The maximum absolute atomic E-state index is 14.9. The lowest BCUT2D eigenvalue weighted by Gasteiger charge is -2.44. The normalized spacial score (nSPS) is 19.2. The highest BCUT2D eigenvalue weighted by molar-refractivity contribution is 5.93. The van der Waals surface area contributed by atoms with Gasteiger partial charge in [0, 0.05) is 75.2 Å². The van der Waals surface area contributed by atoms with Crippen molar-refractivity contribution in [2.24, 2.45) is 0 Å². The van der Waals surface area contributed by atoms with Gasteiger partial charge in [0.05, 0.1) is 28.5 Å². The Morgan fingerprint density at radius 3 is 1.07 bits per heavy atom. The van der Waals surface area contributed by atoms with E-state index in [0.717, 1.165) is 72.8 Å². The van der Waals surface area contributed by atoms with Gasteiger partial charge in [0.2, 0.25) is 0 Å². The fraction of sp³-hybridized carbons (Fsp3) is 0.136. The second-order valence-corrected chi connectivity index (χ2v) is 22.4. The maximum Gasteiger partial charge on any atom is 0.338 e. The molecule has 96 heavy (non-hydrogen) atoms. The van der Waals surface area contributed by atoms with Gasteiger partial charge in [0.25, 0.3) is 0 Å². The molecule has 30 heteroatoms. The summed E-state index contributed by atoms with van der Waals surface area (Å²) < 4.78 is 38.4. The lowest BCUT2D eigenvalue weighted by molar-refractivity contribution is -0.0345. The van der Waals surface area contributed by atoms with Crippen molar-refractivity contribution in [2.75, 3.05) is 0 Å². The molecule has 3 aliphatic heterocycles. The van der Waals surface area contributed by atoms with Crippen LogP contribution in [0.15, 0.2) is 115 Å². The fourth-order valence-electron chi connectivity index (χ4n) is 12.0. The van der Waals surface area contributed by atoms with Crippen LogP contribution >= 0.6 is 0 Å². The molecule has 0 amide bonds. The van der Waals surface area contributed by atoms with Crippen LogP contribution in [-0.4, -0.2) is 143 Å². The molecule has 0 fully saturated rings. The summed E-state index contributed by atoms with van der Waals surface area (Å²) in [6.07, 6.45) is -12.7. The topological polar surface area (TPSA) is 531 Å². The molecule has 21 N–H and O–H groups in total. The Hall–Kier alpha value is -13.4. The number of hydrogen-bond acceptors (Lipinski definition) is 30. The first-order valence-electron chi connectivity index (χ1n) is 28.1. The summed E-state index contributed by atoms with van der Waals surface area (Å²) in [4.78, 5) is 43.7. The number of aromatic hydroxyl groups is 21. The number of fused-ring (bicyclic) bond motifs is 3. The monoisotopic (exact) mass is 1320 g/mol. The maximum atomic E-state index is 14.9. The Bertz CT molecular complexity index is 4680. The van der Waals surface area contributed by atoms with E-state index in [4.69, 9.17) is 28.4 Å². The Balaban J connectivity index is 1.16. The highest BCUT2D eigenvalue weighted by Gasteiger charge is 2.54. The molecule has 30 nitrogen and oxygen atoms in total. The first kappa shape index (κ1) is 62.8. The third-order valence-electron chi connectivity index (χ3n) is 16.4. The van der Waals surface area contributed by atoms with Crippen LogP contribution in [0.25, 0.3) is 0 Å². The van der Waals surface area contributed by atoms with Gasteiger partial charge in [-0.15, -0.1) is 0 Å². The second-order valence-electron chi connectivity index (χ2n) is 22.4. The molecular formula is C66H50O30. The van der Waals surface area contributed by atoms with Gasteiger partial charge in [-0.25, -0.2) is 14.4 Å². The van der Waals surface area contributed by atoms with E-state index in [9.17, 15) is 122 Å². The van der Waals surface area contributed by atoms with Crippen LogP contribution in [0.2, 0.25) is 0 Å². The Morgan fingerprint density at radius 1 is 0.312 bits per heavy atom. The van der Waals surface area contributed by atoms with E-state index in [1.165, 1.54) is 6.07 Å². The number of carbonyl (C=O) groups excluding carboxylic acids is 3. The van der Waals surface area contributed by atoms with Gasteiger partial charge in [0.1, 0.15) is 57.8 Å². The van der Waals surface area contributed by atoms with E-state index in [1.807, 2.05) is 0 Å². The van der Waals surface area contributed by atoms with Gasteiger partial charge >= 0.3 is 17.9 Å². The van der Waals surface area contributed by atoms with Crippen LogP contribution in [0.1, 0.15) is 106 Å². The number of rotatable bonds is 11. The van der Waals surface area contributed by atoms with Gasteiger partial charge in [-0.05, 0) is 72.8 Å². The zero-order valence-electron chi connectivity index (χ0n) is 48.4. The molecule has 0 aliphatic carbocycles. The van der Waals surface area contributed by atoms with Crippen molar-refractivity contribution in [3.8, 4) is 138 Å². The minimum atomic E-state index is -2.27. The Morgan fingerprint density at radius 2 is 0.656 bits per heavy atom. The van der Waals surface area contributed by atoms with Crippen LogP contribution < -0.4 is 14.2 Å². The zero-order chi connectivity index (χ0) is 68.9. The number of hydrogen-bond donors (Lipinski definition) is 21. The van der Waals surface area contributed by atoms with Gasteiger partial charge in [-0.1, -0.05) is 18.2 Å². The quantitative estimate of drug-likeness (QED) is 0.0341. The molecule has 0 saturated heterocycles. The molecule has 3 heterocycles. The molecule has 3 aliphatic rings. The molecule has 12 rings (SSSR count). The van der Waals surface area contributed by atoms with E-state index in [0.29, 0.717) is 36.4 Å². The summed E-state index contributed by atoms with van der Waals surface area (Å²) in [6, 6.07) is 16.1. The number of ether oxygens (including phenoxy) is 6. The average molecular weight is 1320 g/mol. The van der Waals surface area contributed by atoms with Gasteiger partial charge < -0.3 is 136 Å². The number of benzene rings is 9. The van der Waals surface area contributed by atoms with Gasteiger partial charge in [0.15, 0.2) is 117 Å². The van der Waals surface area contributed by atoms with Crippen LogP contribution in [0, 0.1) is 0 Å². The highest BCUT2D eigenvalue weighted by atomic mass is 16.6. The van der Waals surface area contributed by atoms with Crippen LogP contribution in [0.5, 0.6) is 138 Å². The van der Waals surface area contributed by atoms with E-state index < -0.39 is 255 Å². The summed E-state index contributed by atoms with van der Waals surface area (Å²) in [6.45, 7) is 0. The predicted octanol–water partition coefficient (Wildman–Crippen LogP) is 7.39. The summed E-state index contributed by atoms with van der Waals surface area (Å²) in [5, 5.41) is 232. The molecule has 8 atom stereocenters. The average Bonchev–Trinajstić information content (AvgIpc) is 0.709. The van der Waals surface area contributed by atoms with Crippen molar-refractivity contribution in [2.45, 2.75) is 54.9 Å². The molecule has 9 aromatic carbocycles. The lowest BCUT2D eigenvalue weighted by Crippen LogP contribution is -2.42. The zero-order valence-corrected chi connectivity index (χ0v) is 48.4. The van der Waals surface area contributed by atoms with Crippen LogP contribution in [-0.2, 0) is 20.6 Å². The van der Waals surface area contributed by atoms with Crippen molar-refractivity contribution in [3.05, 3.63) is 176 Å². The Kier molecular flexibility index (Phi) is 15.3. The molecule has 0 aromatic heterocycles. The lowest BCUT2D eigenvalue weighted by atomic mass is 9.73. The van der Waals surface area contributed by atoms with Crippen molar-refractivity contribution in [1.82, 2.24) is 0 Å². The summed E-state index contributed by atoms with van der Waals surface area (Å²) >= 11 is 0. The minimum absolute atomic E-state index is 0.160. The van der Waals surface area contributed by atoms with Crippen molar-refractivity contribution >= 4 is 17.9 Å². The predicted molar refractivity (Wildman–Crippen MR) is 318 cm³/mol. The van der Waals surface area contributed by atoms with E-state index >= 15 is 0 Å². The molecule has 9 aromatic rings. The fourth-order valence-corrected chi connectivity index (χ4v) is 12.0. The molecule has 0 saturated carbocycles. The number of carbonyl (C=O) groups is 3. The Labute approximate surface area is 535 Å². The molecule has 0 bridgehead atoms. The largest absolute Gasteiger partial charge is 0.508 e. The summed E-state index contributed by atoms with van der Waals surface area (Å²) in [7, 11) is 0. The third kappa shape index (κ3) is 10.8. The summed E-state index contributed by atoms with van der Waals surface area (Å²) in [5.74, 6) is -30.4. The summed E-state index contributed by atoms with van der Waals surface area (Å²) in [5.41, 5.74) is -5.75. The van der Waals surface area contributed by atoms with E-state index in [1.54, 1.807) is 0 Å². The highest BCUT2D eigenvalue weighted by Crippen LogP contribution is 2.64. The van der Waals surface area contributed by atoms with Crippen LogP contribution in [0.3, 0.4) is 0 Å². The first-order chi connectivity index (χ1) is 45.5. The van der Waals surface area contributed by atoms with Gasteiger partial charge in [-0.2, -0.15) is 0 Å². The van der Waals surface area contributed by atoms with Crippen molar-refractivity contribution in [1.29, 1.82) is 0 Å². The molecular weight excluding hydrogens is 1270 g/mol. The molecule has 0 radical (unpaired) electrons. The number of esters is 3. The van der Waals surface area contributed by atoms with Crippen molar-refractivity contribution < 1.29 is 150 Å². The SMILES string of the molecule is O=C(O[C@@H]1[C@@H](c2c(O)cc(O)c3c2O[C@H](c2ccc(O)c(O)c2)[C@H](OC(=O)c2cc(O)c(O)c(O)c2)C3)c2c(O)cc(O)c([C@H]3c4c(O)cc(O)cc4O[C@H](c4ccc(O)c(O)c4)[C@@H]3OC(=O)c3cc(O)c(O)c(O)c3)c2O[C@@H]1c1ccc(O)c(O)c1)c1cc(O)c(O)c(O)c1. The smallest absolute Gasteiger partial charge is 0.338 e. The molecule has 0 spiro atoms.